The Bertz CT molecular complexity index is 1150. The third-order valence-electron chi connectivity index (χ3n) is 4.66. The zero-order chi connectivity index (χ0) is 24.0. The molecule has 0 bridgehead atoms. The molecule has 0 atom stereocenters. The summed E-state index contributed by atoms with van der Waals surface area (Å²) in [5, 5.41) is 5.55. The number of benzene rings is 1. The highest BCUT2D eigenvalue weighted by Crippen LogP contribution is 2.22. The van der Waals surface area contributed by atoms with Crippen LogP contribution in [0.1, 0.15) is 54.3 Å². The summed E-state index contributed by atoms with van der Waals surface area (Å²) >= 11 is 0. The van der Waals surface area contributed by atoms with Crippen molar-refractivity contribution in [3.8, 4) is 0 Å². The fraction of sp³-hybridized carbons (Fsp3) is 0.348. The van der Waals surface area contributed by atoms with Gasteiger partial charge < -0.3 is 20.4 Å². The summed E-state index contributed by atoms with van der Waals surface area (Å²) in [6, 6.07) is 8.30. The lowest BCUT2D eigenvalue weighted by atomic mass is 10.2. The highest BCUT2D eigenvalue weighted by Gasteiger charge is 2.17. The number of fused-ring (bicyclic) bond motifs is 1. The standard InChI is InChI=1S/C23H28N6O4/c1-23(2,3)33-22(32)26-11-4-5-12-29-18-9-8-15(19(24)30)13-17(18)27-21(29)28-20(31)16-7-6-10-25-14-16/h6-10,13-14H,4-5,11-12H2,1-3H3,(H2,24,30)(H,26,32)(H,27,28,31). The number of ether oxygens (including phenoxy) is 1. The summed E-state index contributed by atoms with van der Waals surface area (Å²) < 4.78 is 7.09. The van der Waals surface area contributed by atoms with Crippen LogP contribution in [0.2, 0.25) is 0 Å². The van der Waals surface area contributed by atoms with E-state index in [0.717, 1.165) is 5.52 Å². The first-order valence-electron chi connectivity index (χ1n) is 10.6. The predicted molar refractivity (Wildman–Crippen MR) is 124 cm³/mol. The summed E-state index contributed by atoms with van der Waals surface area (Å²) in [4.78, 5) is 44.4. The van der Waals surface area contributed by atoms with Crippen LogP contribution in [0.5, 0.6) is 0 Å². The number of hydrogen-bond donors (Lipinski definition) is 3. The number of hydrogen-bond acceptors (Lipinski definition) is 6. The number of anilines is 1. The minimum atomic E-state index is -0.555. The fourth-order valence-electron chi connectivity index (χ4n) is 3.18. The zero-order valence-electron chi connectivity index (χ0n) is 18.9. The molecule has 174 valence electrons. The van der Waals surface area contributed by atoms with Crippen molar-refractivity contribution in [2.75, 3.05) is 11.9 Å². The van der Waals surface area contributed by atoms with Crippen LogP contribution in [0.15, 0.2) is 42.7 Å². The molecule has 0 radical (unpaired) electrons. The maximum absolute atomic E-state index is 12.6. The van der Waals surface area contributed by atoms with E-state index in [9.17, 15) is 14.4 Å². The molecule has 0 saturated heterocycles. The third-order valence-corrected chi connectivity index (χ3v) is 4.66. The van der Waals surface area contributed by atoms with Gasteiger partial charge >= 0.3 is 6.09 Å². The predicted octanol–water partition coefficient (Wildman–Crippen LogP) is 3.09. The van der Waals surface area contributed by atoms with Gasteiger partial charge in [-0.1, -0.05) is 0 Å². The van der Waals surface area contributed by atoms with Crippen LogP contribution < -0.4 is 16.4 Å². The van der Waals surface area contributed by atoms with Crippen molar-refractivity contribution >= 4 is 34.9 Å². The molecule has 2 aromatic heterocycles. The summed E-state index contributed by atoms with van der Waals surface area (Å²) in [5.74, 6) is -0.553. The third kappa shape index (κ3) is 6.52. The molecule has 3 amide bonds. The van der Waals surface area contributed by atoms with Crippen molar-refractivity contribution in [1.82, 2.24) is 19.9 Å². The molecule has 0 spiro atoms. The second-order valence-electron chi connectivity index (χ2n) is 8.49. The Labute approximate surface area is 191 Å². The van der Waals surface area contributed by atoms with Crippen molar-refractivity contribution in [3.63, 3.8) is 0 Å². The number of aryl methyl sites for hydroxylation is 1. The summed E-state index contributed by atoms with van der Waals surface area (Å²) in [5.41, 5.74) is 6.86. The molecule has 4 N–H and O–H groups in total. The van der Waals surface area contributed by atoms with Crippen molar-refractivity contribution in [2.45, 2.75) is 45.8 Å². The normalized spacial score (nSPS) is 11.2. The largest absolute Gasteiger partial charge is 0.444 e. The molecule has 10 nitrogen and oxygen atoms in total. The molecule has 2 heterocycles. The molecule has 10 heteroatoms. The van der Waals surface area contributed by atoms with E-state index in [1.807, 2.05) is 25.3 Å². The van der Waals surface area contributed by atoms with Gasteiger partial charge in [-0.2, -0.15) is 0 Å². The second kappa shape index (κ2) is 10.1. The number of unbranched alkanes of at least 4 members (excludes halogenated alkanes) is 1. The van der Waals surface area contributed by atoms with Gasteiger partial charge in [-0.25, -0.2) is 9.78 Å². The fourth-order valence-corrected chi connectivity index (χ4v) is 3.18. The molecule has 3 rings (SSSR count). The second-order valence-corrected chi connectivity index (χ2v) is 8.49. The molecule has 1 aromatic carbocycles. The molecule has 3 aromatic rings. The number of nitrogens with two attached hydrogens (primary N) is 1. The van der Waals surface area contributed by atoms with Gasteiger partial charge in [-0.15, -0.1) is 0 Å². The average molecular weight is 453 g/mol. The highest BCUT2D eigenvalue weighted by molar-refractivity contribution is 6.04. The number of alkyl carbamates (subject to hydrolysis) is 1. The Balaban J connectivity index is 1.72. The lowest BCUT2D eigenvalue weighted by Crippen LogP contribution is -2.33. The van der Waals surface area contributed by atoms with Crippen LogP contribution in [0.25, 0.3) is 11.0 Å². The summed E-state index contributed by atoms with van der Waals surface area (Å²) in [6.45, 7) is 6.40. The molecule has 0 aliphatic heterocycles. The van der Waals surface area contributed by atoms with Crippen LogP contribution in [-0.4, -0.2) is 44.6 Å². The van der Waals surface area contributed by atoms with E-state index in [1.54, 1.807) is 36.5 Å². The highest BCUT2D eigenvalue weighted by atomic mass is 16.6. The van der Waals surface area contributed by atoms with E-state index >= 15 is 0 Å². The lowest BCUT2D eigenvalue weighted by molar-refractivity contribution is 0.0526. The quantitative estimate of drug-likeness (QED) is 0.449. The van der Waals surface area contributed by atoms with Crippen molar-refractivity contribution in [1.29, 1.82) is 0 Å². The van der Waals surface area contributed by atoms with Gasteiger partial charge in [0.15, 0.2) is 0 Å². The van der Waals surface area contributed by atoms with E-state index in [1.165, 1.54) is 6.20 Å². The summed E-state index contributed by atoms with van der Waals surface area (Å²) in [6.07, 6.45) is 3.99. The van der Waals surface area contributed by atoms with E-state index in [-0.39, 0.29) is 5.91 Å². The number of carbonyl (C=O) groups is 3. The van der Waals surface area contributed by atoms with Crippen LogP contribution in [0.3, 0.4) is 0 Å². The van der Waals surface area contributed by atoms with Crippen molar-refractivity contribution in [3.05, 3.63) is 53.9 Å². The van der Waals surface area contributed by atoms with Crippen LogP contribution in [-0.2, 0) is 11.3 Å². The molecular formula is C23H28N6O4. The van der Waals surface area contributed by atoms with Gasteiger partial charge in [0.1, 0.15) is 5.60 Å². The molecular weight excluding hydrogens is 424 g/mol. The Morgan fingerprint density at radius 3 is 2.58 bits per heavy atom. The SMILES string of the molecule is CC(C)(C)OC(=O)NCCCCn1c(NC(=O)c2cccnc2)nc2cc(C(N)=O)ccc21. The molecule has 0 aliphatic rings. The monoisotopic (exact) mass is 452 g/mol. The summed E-state index contributed by atoms with van der Waals surface area (Å²) in [7, 11) is 0. The Hall–Kier alpha value is -3.95. The van der Waals surface area contributed by atoms with Gasteiger partial charge in [-0.05, 0) is 63.9 Å². The number of nitrogens with zero attached hydrogens (tertiary/aromatic N) is 3. The number of nitrogens with one attached hydrogen (secondary N) is 2. The Morgan fingerprint density at radius 2 is 1.91 bits per heavy atom. The molecule has 0 unspecified atom stereocenters. The zero-order valence-corrected chi connectivity index (χ0v) is 18.9. The van der Waals surface area contributed by atoms with Crippen LogP contribution >= 0.6 is 0 Å². The van der Waals surface area contributed by atoms with Gasteiger partial charge in [0.05, 0.1) is 16.6 Å². The van der Waals surface area contributed by atoms with Crippen LogP contribution in [0.4, 0.5) is 10.7 Å². The van der Waals surface area contributed by atoms with Gasteiger partial charge in [0.25, 0.3) is 5.91 Å². The van der Waals surface area contributed by atoms with Crippen molar-refractivity contribution < 1.29 is 19.1 Å². The molecule has 0 aliphatic carbocycles. The Kier molecular flexibility index (Phi) is 7.27. The lowest BCUT2D eigenvalue weighted by Gasteiger charge is -2.19. The maximum Gasteiger partial charge on any atom is 0.407 e. The van der Waals surface area contributed by atoms with Gasteiger partial charge in [0, 0.05) is 31.0 Å². The van der Waals surface area contributed by atoms with E-state index < -0.39 is 17.6 Å². The minimum absolute atomic E-state index is 0.332. The average Bonchev–Trinajstić information content (AvgIpc) is 3.09. The number of amides is 3. The van der Waals surface area contributed by atoms with E-state index in [2.05, 4.69) is 20.6 Å². The first-order chi connectivity index (χ1) is 15.6. The van der Waals surface area contributed by atoms with Gasteiger partial charge in [0.2, 0.25) is 11.9 Å². The van der Waals surface area contributed by atoms with Gasteiger partial charge in [-0.3, -0.25) is 19.9 Å². The first kappa shape index (κ1) is 23.7. The Morgan fingerprint density at radius 1 is 1.12 bits per heavy atom. The van der Waals surface area contributed by atoms with Crippen molar-refractivity contribution in [2.24, 2.45) is 5.73 Å². The number of pyridine rings is 1. The number of rotatable bonds is 8. The topological polar surface area (TPSA) is 141 Å². The van der Waals surface area contributed by atoms with E-state index in [4.69, 9.17) is 10.5 Å². The number of aromatic nitrogens is 3. The van der Waals surface area contributed by atoms with E-state index in [0.29, 0.717) is 48.5 Å². The molecule has 0 saturated carbocycles. The number of carbonyl (C=O) groups excluding carboxylic acids is 3. The number of imidazole rings is 1. The van der Waals surface area contributed by atoms with Crippen LogP contribution in [0, 0.1) is 0 Å². The number of primary amides is 1. The first-order valence-corrected chi connectivity index (χ1v) is 10.6. The minimum Gasteiger partial charge on any atom is -0.444 e. The maximum atomic E-state index is 12.6. The molecule has 33 heavy (non-hydrogen) atoms. The molecule has 0 fully saturated rings. The smallest absolute Gasteiger partial charge is 0.407 e.